The van der Waals surface area contributed by atoms with Crippen LogP contribution >= 0.6 is 15.9 Å². The van der Waals surface area contributed by atoms with Crippen LogP contribution < -0.4 is 11.1 Å². The van der Waals surface area contributed by atoms with Crippen molar-refractivity contribution in [1.29, 1.82) is 0 Å². The van der Waals surface area contributed by atoms with Crippen LogP contribution in [0.1, 0.15) is 26.7 Å². The molecule has 3 N–H and O–H groups in total. The zero-order chi connectivity index (χ0) is 17.0. The minimum Gasteiger partial charge on any atom is -0.342 e. The van der Waals surface area contributed by atoms with Gasteiger partial charge in [0.25, 0.3) is 0 Å². The Morgan fingerprint density at radius 2 is 2.17 bits per heavy atom. The highest BCUT2D eigenvalue weighted by molar-refractivity contribution is 9.10. The molecule has 6 nitrogen and oxygen atoms in total. The number of carbonyl (C=O) groups is 2. The molecule has 1 fully saturated rings. The van der Waals surface area contributed by atoms with Crippen molar-refractivity contribution < 1.29 is 9.59 Å². The summed E-state index contributed by atoms with van der Waals surface area (Å²) >= 11 is 3.31. The van der Waals surface area contributed by atoms with E-state index in [0.717, 1.165) is 17.3 Å². The summed E-state index contributed by atoms with van der Waals surface area (Å²) < 4.78 is 0.856. The van der Waals surface area contributed by atoms with Gasteiger partial charge in [0.1, 0.15) is 5.82 Å². The first-order chi connectivity index (χ1) is 10.9. The van der Waals surface area contributed by atoms with E-state index in [0.29, 0.717) is 18.9 Å². The van der Waals surface area contributed by atoms with Crippen LogP contribution in [0.2, 0.25) is 0 Å². The van der Waals surface area contributed by atoms with E-state index in [9.17, 15) is 9.59 Å². The van der Waals surface area contributed by atoms with Crippen LogP contribution in [0.15, 0.2) is 22.8 Å². The van der Waals surface area contributed by atoms with Crippen molar-refractivity contribution in [2.45, 2.75) is 32.7 Å². The fraction of sp³-hybridized carbons (Fsp3) is 0.562. The summed E-state index contributed by atoms with van der Waals surface area (Å²) in [5, 5.41) is 2.82. The summed E-state index contributed by atoms with van der Waals surface area (Å²) in [5.41, 5.74) is 5.81. The number of anilines is 1. The lowest BCUT2D eigenvalue weighted by Gasteiger charge is -2.34. The highest BCUT2D eigenvalue weighted by Gasteiger charge is 2.31. The monoisotopic (exact) mass is 382 g/mol. The van der Waals surface area contributed by atoms with E-state index in [2.05, 4.69) is 26.2 Å². The molecule has 3 atom stereocenters. The van der Waals surface area contributed by atoms with Crippen LogP contribution in [0.3, 0.4) is 0 Å². The second-order valence-corrected chi connectivity index (χ2v) is 7.04. The van der Waals surface area contributed by atoms with Gasteiger partial charge < -0.3 is 16.0 Å². The number of carbonyl (C=O) groups excluding carboxylic acids is 2. The van der Waals surface area contributed by atoms with Gasteiger partial charge in [0.2, 0.25) is 11.8 Å². The van der Waals surface area contributed by atoms with E-state index in [1.54, 1.807) is 17.2 Å². The van der Waals surface area contributed by atoms with E-state index in [4.69, 9.17) is 5.73 Å². The smallest absolute Gasteiger partial charge is 0.230 e. The molecule has 126 valence electrons. The first-order valence-corrected chi connectivity index (χ1v) is 8.64. The second kappa shape index (κ2) is 7.88. The predicted octanol–water partition coefficient (Wildman–Crippen LogP) is 2.00. The third-order valence-electron chi connectivity index (χ3n) is 4.26. The zero-order valence-corrected chi connectivity index (χ0v) is 15.0. The highest BCUT2D eigenvalue weighted by atomic mass is 79.9. The van der Waals surface area contributed by atoms with Crippen LogP contribution in [0, 0.1) is 11.8 Å². The first kappa shape index (κ1) is 17.9. The number of aromatic nitrogens is 1. The Balaban J connectivity index is 1.96. The van der Waals surface area contributed by atoms with Crippen molar-refractivity contribution in [2.75, 3.05) is 18.4 Å². The van der Waals surface area contributed by atoms with Crippen LogP contribution in [0.25, 0.3) is 0 Å². The molecule has 0 aliphatic carbocycles. The summed E-state index contributed by atoms with van der Waals surface area (Å²) in [4.78, 5) is 30.7. The number of nitrogens with one attached hydrogen (secondary N) is 1. The summed E-state index contributed by atoms with van der Waals surface area (Å²) in [6, 6.07) is 3.37. The van der Waals surface area contributed by atoms with Gasteiger partial charge >= 0.3 is 0 Å². The van der Waals surface area contributed by atoms with Gasteiger partial charge in [-0.3, -0.25) is 9.59 Å². The van der Waals surface area contributed by atoms with Gasteiger partial charge in [-0.25, -0.2) is 4.98 Å². The van der Waals surface area contributed by atoms with E-state index in [1.807, 2.05) is 19.9 Å². The van der Waals surface area contributed by atoms with Crippen molar-refractivity contribution in [2.24, 2.45) is 17.6 Å². The quantitative estimate of drug-likeness (QED) is 0.833. The number of likely N-dealkylation sites (tertiary alicyclic amines) is 1. The number of halogens is 1. The number of nitrogens with zero attached hydrogens (tertiary/aromatic N) is 2. The summed E-state index contributed by atoms with van der Waals surface area (Å²) in [6.07, 6.45) is 3.23. The average Bonchev–Trinajstić information content (AvgIpc) is 2.55. The van der Waals surface area contributed by atoms with Crippen molar-refractivity contribution in [3.8, 4) is 0 Å². The molecule has 1 aromatic rings. The summed E-state index contributed by atoms with van der Waals surface area (Å²) in [6.45, 7) is 4.80. The molecule has 2 rings (SSSR count). The molecule has 0 bridgehead atoms. The van der Waals surface area contributed by atoms with Gasteiger partial charge in [-0.05, 0) is 47.8 Å². The van der Waals surface area contributed by atoms with Crippen molar-refractivity contribution in [3.05, 3.63) is 22.8 Å². The Hall–Kier alpha value is -1.47. The fourth-order valence-electron chi connectivity index (χ4n) is 2.58. The largest absolute Gasteiger partial charge is 0.342 e. The van der Waals surface area contributed by atoms with Crippen LogP contribution in [0.5, 0.6) is 0 Å². The molecule has 0 saturated carbocycles. The van der Waals surface area contributed by atoms with Gasteiger partial charge in [-0.2, -0.15) is 0 Å². The lowest BCUT2D eigenvalue weighted by molar-refractivity contribution is -0.138. The molecule has 3 unspecified atom stereocenters. The van der Waals surface area contributed by atoms with Crippen LogP contribution in [-0.2, 0) is 9.59 Å². The van der Waals surface area contributed by atoms with Crippen molar-refractivity contribution in [1.82, 2.24) is 9.88 Å². The number of rotatable bonds is 4. The van der Waals surface area contributed by atoms with Crippen molar-refractivity contribution >= 4 is 33.6 Å². The zero-order valence-electron chi connectivity index (χ0n) is 13.5. The maximum absolute atomic E-state index is 12.4. The Morgan fingerprint density at radius 3 is 2.78 bits per heavy atom. The minimum absolute atomic E-state index is 0.0271. The molecule has 1 aromatic heterocycles. The molecule has 7 heteroatoms. The second-order valence-electron chi connectivity index (χ2n) is 6.12. The van der Waals surface area contributed by atoms with Gasteiger partial charge in [0.15, 0.2) is 0 Å². The Bertz CT molecular complexity index is 562. The molecule has 1 aliphatic rings. The number of piperidine rings is 1. The van der Waals surface area contributed by atoms with Gasteiger partial charge in [0.05, 0.1) is 11.8 Å². The van der Waals surface area contributed by atoms with E-state index < -0.39 is 0 Å². The maximum Gasteiger partial charge on any atom is 0.230 e. The molecular weight excluding hydrogens is 360 g/mol. The Kier molecular flexibility index (Phi) is 6.12. The maximum atomic E-state index is 12.4. The molecular formula is C16H23BrN4O2. The number of nitrogens with two attached hydrogens (primary N) is 1. The molecule has 23 heavy (non-hydrogen) atoms. The standard InChI is InChI=1S/C16H23BrN4O2/c1-10(11(2)18)16(23)21-7-3-4-12(9-21)15(22)20-14-6-5-13(17)8-19-14/h5-6,8,10-12H,3-4,7,9,18H2,1-2H3,(H,19,20,22). The topological polar surface area (TPSA) is 88.3 Å². The predicted molar refractivity (Wildman–Crippen MR) is 92.7 cm³/mol. The number of hydrogen-bond acceptors (Lipinski definition) is 4. The number of hydrogen-bond donors (Lipinski definition) is 2. The Labute approximate surface area is 144 Å². The summed E-state index contributed by atoms with van der Waals surface area (Å²) in [7, 11) is 0. The van der Waals surface area contributed by atoms with Crippen LogP contribution in [-0.4, -0.2) is 40.8 Å². The van der Waals surface area contributed by atoms with E-state index >= 15 is 0 Å². The summed E-state index contributed by atoms with van der Waals surface area (Å²) in [5.74, 6) is 0.0130. The van der Waals surface area contributed by atoms with Gasteiger partial charge in [0, 0.05) is 29.8 Å². The average molecular weight is 383 g/mol. The molecule has 2 amide bonds. The minimum atomic E-state index is -0.232. The van der Waals surface area contributed by atoms with E-state index in [1.165, 1.54) is 0 Å². The SMILES string of the molecule is CC(N)C(C)C(=O)N1CCCC(C(=O)Nc2ccc(Br)cn2)C1. The van der Waals surface area contributed by atoms with Gasteiger partial charge in [-0.1, -0.05) is 6.92 Å². The fourth-order valence-corrected chi connectivity index (χ4v) is 2.82. The molecule has 0 spiro atoms. The van der Waals surface area contributed by atoms with E-state index in [-0.39, 0.29) is 29.7 Å². The first-order valence-electron chi connectivity index (χ1n) is 7.85. The third-order valence-corrected chi connectivity index (χ3v) is 4.73. The third kappa shape index (κ3) is 4.75. The molecule has 1 aliphatic heterocycles. The number of amides is 2. The molecule has 0 radical (unpaired) electrons. The van der Waals surface area contributed by atoms with Crippen molar-refractivity contribution in [3.63, 3.8) is 0 Å². The lowest BCUT2D eigenvalue weighted by Crippen LogP contribution is -2.48. The van der Waals surface area contributed by atoms with Gasteiger partial charge in [-0.15, -0.1) is 0 Å². The number of pyridine rings is 1. The Morgan fingerprint density at radius 1 is 1.43 bits per heavy atom. The molecule has 0 aromatic carbocycles. The lowest BCUT2D eigenvalue weighted by atomic mass is 9.94. The molecule has 1 saturated heterocycles. The van der Waals surface area contributed by atoms with Crippen LogP contribution in [0.4, 0.5) is 5.82 Å². The molecule has 2 heterocycles. The normalized spacial score (nSPS) is 20.7. The highest BCUT2D eigenvalue weighted by Crippen LogP contribution is 2.21.